The molecule has 2 aromatic carbocycles. The summed E-state index contributed by atoms with van der Waals surface area (Å²) in [5.41, 5.74) is 1.18. The number of benzene rings is 2. The highest BCUT2D eigenvalue weighted by atomic mass is 19.1. The number of Topliss-reactive ketones (excluding diaryl/α,β-unsaturated/α-hetero) is 1. The smallest absolute Gasteiger partial charge is 0.193 e. The van der Waals surface area contributed by atoms with Crippen molar-refractivity contribution in [2.45, 2.75) is 12.8 Å². The molecule has 0 spiro atoms. The molecule has 1 aliphatic rings. The Labute approximate surface area is 132 Å². The standard InChI is InChI=1S/C18H15FO4/c1-9-11(7-10-3-6-15(23-2)14(21)8-10)18(22)17-13(20)5-4-12(19)16(9)17/h3-9,20-21H,1-2H3/b11-7-. The van der Waals surface area contributed by atoms with Crippen molar-refractivity contribution in [3.8, 4) is 17.2 Å². The van der Waals surface area contributed by atoms with Gasteiger partial charge in [0.25, 0.3) is 0 Å². The van der Waals surface area contributed by atoms with Gasteiger partial charge in [-0.2, -0.15) is 0 Å². The molecule has 1 aliphatic carbocycles. The van der Waals surface area contributed by atoms with Crippen LogP contribution in [0.3, 0.4) is 0 Å². The Morgan fingerprint density at radius 2 is 1.91 bits per heavy atom. The second-order valence-corrected chi connectivity index (χ2v) is 5.44. The van der Waals surface area contributed by atoms with Gasteiger partial charge in [0.2, 0.25) is 0 Å². The minimum Gasteiger partial charge on any atom is -0.507 e. The monoisotopic (exact) mass is 314 g/mol. The van der Waals surface area contributed by atoms with Crippen LogP contribution in [0.4, 0.5) is 4.39 Å². The van der Waals surface area contributed by atoms with Crippen LogP contribution in [0.2, 0.25) is 0 Å². The maximum absolute atomic E-state index is 14.0. The summed E-state index contributed by atoms with van der Waals surface area (Å²) in [4.78, 5) is 12.5. The van der Waals surface area contributed by atoms with Crippen LogP contribution < -0.4 is 4.74 Å². The Morgan fingerprint density at radius 3 is 2.52 bits per heavy atom. The van der Waals surface area contributed by atoms with E-state index in [0.717, 1.165) is 6.07 Å². The lowest BCUT2D eigenvalue weighted by atomic mass is 9.97. The topological polar surface area (TPSA) is 66.8 Å². The van der Waals surface area contributed by atoms with Crippen LogP contribution in [0.1, 0.15) is 34.3 Å². The first-order valence-electron chi connectivity index (χ1n) is 7.08. The van der Waals surface area contributed by atoms with Crippen molar-refractivity contribution in [1.82, 2.24) is 0 Å². The number of fused-ring (bicyclic) bond motifs is 1. The van der Waals surface area contributed by atoms with Crippen molar-refractivity contribution < 1.29 is 24.1 Å². The van der Waals surface area contributed by atoms with E-state index in [4.69, 9.17) is 4.74 Å². The van der Waals surface area contributed by atoms with Gasteiger partial charge >= 0.3 is 0 Å². The number of hydrogen-bond donors (Lipinski definition) is 2. The fourth-order valence-corrected chi connectivity index (χ4v) is 2.91. The molecule has 0 bridgehead atoms. The van der Waals surface area contributed by atoms with Gasteiger partial charge in [0, 0.05) is 17.1 Å². The molecule has 0 saturated carbocycles. The number of ether oxygens (including phenoxy) is 1. The summed E-state index contributed by atoms with van der Waals surface area (Å²) in [6.07, 6.45) is 1.59. The van der Waals surface area contributed by atoms with Crippen LogP contribution in [-0.4, -0.2) is 23.1 Å². The average molecular weight is 314 g/mol. The fraction of sp³-hybridized carbons (Fsp3) is 0.167. The molecule has 1 unspecified atom stereocenters. The van der Waals surface area contributed by atoms with Gasteiger partial charge in [-0.3, -0.25) is 4.79 Å². The molecule has 2 N–H and O–H groups in total. The first-order valence-corrected chi connectivity index (χ1v) is 7.08. The van der Waals surface area contributed by atoms with Crippen LogP contribution in [-0.2, 0) is 0 Å². The highest BCUT2D eigenvalue weighted by Gasteiger charge is 2.36. The summed E-state index contributed by atoms with van der Waals surface area (Å²) in [5, 5.41) is 19.7. The number of carbonyl (C=O) groups is 1. The van der Waals surface area contributed by atoms with Gasteiger partial charge in [-0.05, 0) is 35.9 Å². The molecule has 4 nitrogen and oxygen atoms in total. The third kappa shape index (κ3) is 2.34. The Morgan fingerprint density at radius 1 is 1.17 bits per heavy atom. The van der Waals surface area contributed by atoms with Gasteiger partial charge in [0.15, 0.2) is 17.3 Å². The number of methoxy groups -OCH3 is 1. The third-order valence-electron chi connectivity index (χ3n) is 4.08. The molecule has 0 aromatic heterocycles. The van der Waals surface area contributed by atoms with Crippen molar-refractivity contribution in [1.29, 1.82) is 0 Å². The Bertz CT molecular complexity index is 839. The van der Waals surface area contributed by atoms with Crippen molar-refractivity contribution in [2.75, 3.05) is 7.11 Å². The van der Waals surface area contributed by atoms with Crippen LogP contribution in [0.15, 0.2) is 35.9 Å². The summed E-state index contributed by atoms with van der Waals surface area (Å²) >= 11 is 0. The molecule has 0 heterocycles. The summed E-state index contributed by atoms with van der Waals surface area (Å²) < 4.78 is 19.0. The quantitative estimate of drug-likeness (QED) is 0.831. The van der Waals surface area contributed by atoms with Crippen LogP contribution in [0, 0.1) is 5.82 Å². The SMILES string of the molecule is COc1ccc(/C=C2\C(=O)c3c(O)ccc(F)c3C2C)cc1O. The molecule has 0 aliphatic heterocycles. The van der Waals surface area contributed by atoms with Gasteiger partial charge in [0.1, 0.15) is 11.6 Å². The normalized spacial score (nSPS) is 18.3. The van der Waals surface area contributed by atoms with Gasteiger partial charge in [0.05, 0.1) is 12.7 Å². The van der Waals surface area contributed by atoms with Gasteiger partial charge in [-0.1, -0.05) is 13.0 Å². The second-order valence-electron chi connectivity index (χ2n) is 5.44. The summed E-state index contributed by atoms with van der Waals surface area (Å²) in [5.74, 6) is -1.34. The highest BCUT2D eigenvalue weighted by Crippen LogP contribution is 2.43. The van der Waals surface area contributed by atoms with E-state index in [2.05, 4.69) is 0 Å². The molecule has 2 aromatic rings. The fourth-order valence-electron chi connectivity index (χ4n) is 2.91. The predicted molar refractivity (Wildman–Crippen MR) is 83.4 cm³/mol. The van der Waals surface area contributed by atoms with E-state index in [-0.39, 0.29) is 22.6 Å². The maximum Gasteiger partial charge on any atom is 0.193 e. The minimum atomic E-state index is -0.514. The molecule has 5 heteroatoms. The van der Waals surface area contributed by atoms with Gasteiger partial charge in [-0.25, -0.2) is 4.39 Å². The number of ketones is 1. The lowest BCUT2D eigenvalue weighted by molar-refractivity contribution is 0.103. The maximum atomic E-state index is 14.0. The Hall–Kier alpha value is -2.82. The second kappa shape index (κ2) is 5.43. The molecule has 1 atom stereocenters. The number of carbonyl (C=O) groups excluding carboxylic acids is 1. The van der Waals surface area contributed by atoms with Crippen molar-refractivity contribution >= 4 is 11.9 Å². The van der Waals surface area contributed by atoms with Crippen molar-refractivity contribution in [3.63, 3.8) is 0 Å². The molecule has 118 valence electrons. The number of phenols is 2. The van der Waals surface area contributed by atoms with E-state index < -0.39 is 17.5 Å². The van der Waals surface area contributed by atoms with Gasteiger partial charge < -0.3 is 14.9 Å². The first kappa shape index (κ1) is 15.1. The molecule has 3 rings (SSSR count). The summed E-state index contributed by atoms with van der Waals surface area (Å²) in [6.45, 7) is 1.71. The van der Waals surface area contributed by atoms with Crippen molar-refractivity contribution in [2.24, 2.45) is 0 Å². The van der Waals surface area contributed by atoms with Crippen molar-refractivity contribution in [3.05, 3.63) is 58.4 Å². The van der Waals surface area contributed by atoms with Crippen LogP contribution >= 0.6 is 0 Å². The average Bonchev–Trinajstić information content (AvgIpc) is 2.77. The summed E-state index contributed by atoms with van der Waals surface area (Å²) in [7, 11) is 1.44. The zero-order valence-electron chi connectivity index (χ0n) is 12.6. The summed E-state index contributed by atoms with van der Waals surface area (Å²) in [6, 6.07) is 7.06. The van der Waals surface area contributed by atoms with E-state index in [1.165, 1.54) is 19.2 Å². The predicted octanol–water partition coefficient (Wildman–Crippen LogP) is 3.63. The zero-order chi connectivity index (χ0) is 16.7. The molecule has 0 amide bonds. The largest absolute Gasteiger partial charge is 0.507 e. The highest BCUT2D eigenvalue weighted by molar-refractivity contribution is 6.18. The Kier molecular flexibility index (Phi) is 3.56. The molecular weight excluding hydrogens is 299 g/mol. The minimum absolute atomic E-state index is 0.0153. The number of rotatable bonds is 2. The molecular formula is C18H15FO4. The number of allylic oxidation sites excluding steroid dienone is 1. The molecule has 0 saturated heterocycles. The lowest BCUT2D eigenvalue weighted by Crippen LogP contribution is -1.97. The van der Waals surface area contributed by atoms with E-state index >= 15 is 0 Å². The van der Waals surface area contributed by atoms with E-state index in [0.29, 0.717) is 16.9 Å². The zero-order valence-corrected chi connectivity index (χ0v) is 12.6. The van der Waals surface area contributed by atoms with Gasteiger partial charge in [-0.15, -0.1) is 0 Å². The van der Waals surface area contributed by atoms with E-state index in [1.807, 2.05) is 0 Å². The van der Waals surface area contributed by atoms with E-state index in [1.54, 1.807) is 25.1 Å². The van der Waals surface area contributed by atoms with Crippen LogP contribution in [0.5, 0.6) is 17.2 Å². The molecule has 23 heavy (non-hydrogen) atoms. The Balaban J connectivity index is 2.09. The third-order valence-corrected chi connectivity index (χ3v) is 4.08. The molecule has 0 fully saturated rings. The molecule has 0 radical (unpaired) electrons. The number of aromatic hydroxyl groups is 2. The number of phenolic OH excluding ortho intramolecular Hbond substituents is 2. The first-order chi connectivity index (χ1) is 10.9. The number of hydrogen-bond acceptors (Lipinski definition) is 4. The van der Waals surface area contributed by atoms with E-state index in [9.17, 15) is 19.4 Å². The van der Waals surface area contributed by atoms with Crippen LogP contribution in [0.25, 0.3) is 6.08 Å². The lowest BCUT2D eigenvalue weighted by Gasteiger charge is -2.08. The number of halogens is 1.